The number of nitrogens with one attached hydrogen (secondary N) is 1. The van der Waals surface area contributed by atoms with Gasteiger partial charge in [-0.25, -0.2) is 0 Å². The SMILES string of the molecule is O=C([O-])[C@H]1O[C@@H]1C(=O)N[C@@H](Cc1ccc(Cl)cc1)C(=O)N1CCOCC1.[Na+]. The van der Waals surface area contributed by atoms with Gasteiger partial charge in [-0.05, 0) is 17.7 Å². The number of benzene rings is 1. The Hall–Kier alpha value is -1.16. The van der Waals surface area contributed by atoms with Crippen LogP contribution in [0.4, 0.5) is 0 Å². The Kier molecular flexibility index (Phi) is 8.08. The van der Waals surface area contributed by atoms with Crippen LogP contribution in [0.1, 0.15) is 5.56 Å². The molecule has 2 aliphatic heterocycles. The Morgan fingerprint density at radius 1 is 1.19 bits per heavy atom. The Bertz CT molecular complexity index is 695. The summed E-state index contributed by atoms with van der Waals surface area (Å²) in [5, 5.41) is 13.9. The van der Waals surface area contributed by atoms with Crippen molar-refractivity contribution in [3.63, 3.8) is 0 Å². The first-order chi connectivity index (χ1) is 12.5. The summed E-state index contributed by atoms with van der Waals surface area (Å²) in [4.78, 5) is 37.4. The van der Waals surface area contributed by atoms with Gasteiger partial charge in [0.05, 0.1) is 19.2 Å². The zero-order valence-corrected chi connectivity index (χ0v) is 17.6. The second-order valence-corrected chi connectivity index (χ2v) is 6.56. The zero-order chi connectivity index (χ0) is 18.7. The van der Waals surface area contributed by atoms with E-state index in [0.29, 0.717) is 31.3 Å². The number of rotatable bonds is 6. The molecule has 2 aliphatic rings. The van der Waals surface area contributed by atoms with E-state index in [9.17, 15) is 19.5 Å². The van der Waals surface area contributed by atoms with E-state index in [1.807, 2.05) is 0 Å². The van der Waals surface area contributed by atoms with Crippen molar-refractivity contribution in [2.24, 2.45) is 0 Å². The van der Waals surface area contributed by atoms with Gasteiger partial charge in [-0.3, -0.25) is 9.59 Å². The average Bonchev–Trinajstić information content (AvgIpc) is 3.44. The third-order valence-electron chi connectivity index (χ3n) is 4.27. The predicted octanol–water partition coefficient (Wildman–Crippen LogP) is -4.25. The molecule has 27 heavy (non-hydrogen) atoms. The summed E-state index contributed by atoms with van der Waals surface area (Å²) in [6.07, 6.45) is -2.13. The number of carbonyl (C=O) groups excluding carboxylic acids is 3. The van der Waals surface area contributed by atoms with Gasteiger partial charge in [0, 0.05) is 24.5 Å². The van der Waals surface area contributed by atoms with E-state index in [2.05, 4.69) is 5.32 Å². The van der Waals surface area contributed by atoms with Crippen molar-refractivity contribution in [2.45, 2.75) is 24.7 Å². The molecule has 1 aromatic rings. The monoisotopic (exact) mass is 404 g/mol. The number of amides is 2. The minimum absolute atomic E-state index is 0. The van der Waals surface area contributed by atoms with Crippen LogP contribution in [0.15, 0.2) is 24.3 Å². The van der Waals surface area contributed by atoms with Crippen LogP contribution in [0.2, 0.25) is 5.02 Å². The molecule has 0 radical (unpaired) electrons. The number of carbonyl (C=O) groups is 3. The van der Waals surface area contributed by atoms with Crippen LogP contribution in [0.5, 0.6) is 0 Å². The molecule has 0 unspecified atom stereocenters. The summed E-state index contributed by atoms with van der Waals surface area (Å²) in [5.41, 5.74) is 0.814. The number of aliphatic carboxylic acids is 1. The van der Waals surface area contributed by atoms with E-state index >= 15 is 0 Å². The topological polar surface area (TPSA) is 111 Å². The molecule has 2 heterocycles. The molecule has 140 valence electrons. The maximum Gasteiger partial charge on any atom is 1.00 e. The largest absolute Gasteiger partial charge is 1.00 e. The first-order valence-electron chi connectivity index (χ1n) is 8.23. The summed E-state index contributed by atoms with van der Waals surface area (Å²) >= 11 is 5.88. The number of nitrogens with zero attached hydrogens (tertiary/aromatic N) is 1. The Labute approximate surface area is 183 Å². The minimum Gasteiger partial charge on any atom is -0.547 e. The van der Waals surface area contributed by atoms with Crippen molar-refractivity contribution >= 4 is 29.4 Å². The van der Waals surface area contributed by atoms with E-state index in [4.69, 9.17) is 21.1 Å². The van der Waals surface area contributed by atoms with Gasteiger partial charge in [-0.2, -0.15) is 0 Å². The van der Waals surface area contributed by atoms with Gasteiger partial charge in [-0.1, -0.05) is 23.7 Å². The molecule has 2 amide bonds. The standard InChI is InChI=1S/C17H19ClN2O6.Na/c18-11-3-1-10(2-4-11)9-12(16(22)20-5-7-25-8-6-20)19-15(21)13-14(26-13)17(23)24;/h1-4,12-14H,5-9H2,(H,19,21)(H,23,24);/q;+1/p-1/t12-,13-,14-;/m0./s1. The van der Waals surface area contributed by atoms with Crippen LogP contribution in [-0.2, 0) is 30.3 Å². The molecule has 1 N–H and O–H groups in total. The van der Waals surface area contributed by atoms with Gasteiger partial charge in [0.15, 0.2) is 6.10 Å². The maximum absolute atomic E-state index is 12.8. The Morgan fingerprint density at radius 2 is 1.81 bits per heavy atom. The van der Waals surface area contributed by atoms with E-state index in [1.165, 1.54) is 0 Å². The van der Waals surface area contributed by atoms with E-state index in [1.54, 1.807) is 29.2 Å². The quantitative estimate of drug-likeness (QED) is 0.380. The van der Waals surface area contributed by atoms with Gasteiger partial charge in [-0.15, -0.1) is 0 Å². The molecular formula is C17H18ClN2NaO6. The fourth-order valence-electron chi connectivity index (χ4n) is 2.81. The van der Waals surface area contributed by atoms with Crippen LogP contribution in [0.25, 0.3) is 0 Å². The second-order valence-electron chi connectivity index (χ2n) is 6.13. The molecule has 2 fully saturated rings. The molecule has 0 aliphatic carbocycles. The molecule has 10 heteroatoms. The maximum atomic E-state index is 12.8. The van der Waals surface area contributed by atoms with Crippen molar-refractivity contribution < 1.29 is 58.5 Å². The summed E-state index contributed by atoms with van der Waals surface area (Å²) in [5.74, 6) is -2.33. The molecule has 3 rings (SSSR count). The second kappa shape index (κ2) is 9.86. The van der Waals surface area contributed by atoms with Crippen molar-refractivity contribution in [1.29, 1.82) is 0 Å². The first-order valence-corrected chi connectivity index (χ1v) is 8.61. The van der Waals surface area contributed by atoms with Gasteiger partial charge >= 0.3 is 29.6 Å². The third-order valence-corrected chi connectivity index (χ3v) is 4.52. The van der Waals surface area contributed by atoms with Crippen molar-refractivity contribution in [1.82, 2.24) is 10.2 Å². The summed E-state index contributed by atoms with van der Waals surface area (Å²) in [6, 6.07) is 6.10. The number of carboxylic acid groups (broad SMARTS) is 1. The fraction of sp³-hybridized carbons (Fsp3) is 0.471. The van der Waals surface area contributed by atoms with Gasteiger partial charge < -0.3 is 29.6 Å². The first kappa shape index (κ1) is 22.1. The molecule has 2 saturated heterocycles. The van der Waals surface area contributed by atoms with Crippen LogP contribution in [0.3, 0.4) is 0 Å². The average molecular weight is 405 g/mol. The number of carboxylic acids is 1. The summed E-state index contributed by atoms with van der Waals surface area (Å²) in [6.45, 7) is 1.75. The molecule has 0 saturated carbocycles. The summed E-state index contributed by atoms with van der Waals surface area (Å²) < 4.78 is 10.0. The van der Waals surface area contributed by atoms with Gasteiger partial charge in [0.1, 0.15) is 12.1 Å². The number of morpholine rings is 1. The smallest absolute Gasteiger partial charge is 0.547 e. The minimum atomic E-state index is -1.45. The number of halogens is 1. The number of hydrogen-bond donors (Lipinski definition) is 1. The van der Waals surface area contributed by atoms with Crippen molar-refractivity contribution in [2.75, 3.05) is 26.3 Å². The van der Waals surface area contributed by atoms with Crippen LogP contribution in [0, 0.1) is 0 Å². The number of hydrogen-bond acceptors (Lipinski definition) is 6. The third kappa shape index (κ3) is 5.91. The van der Waals surface area contributed by atoms with E-state index in [-0.39, 0.29) is 41.9 Å². The molecule has 8 nitrogen and oxygen atoms in total. The van der Waals surface area contributed by atoms with Crippen LogP contribution in [-0.4, -0.2) is 67.2 Å². The molecule has 0 spiro atoms. The Morgan fingerprint density at radius 3 is 2.37 bits per heavy atom. The predicted molar refractivity (Wildman–Crippen MR) is 88.2 cm³/mol. The van der Waals surface area contributed by atoms with Crippen molar-refractivity contribution in [3.05, 3.63) is 34.9 Å². The van der Waals surface area contributed by atoms with E-state index in [0.717, 1.165) is 5.56 Å². The van der Waals surface area contributed by atoms with Crippen LogP contribution < -0.4 is 40.0 Å². The molecule has 1 aromatic carbocycles. The zero-order valence-electron chi connectivity index (χ0n) is 14.9. The molecular weight excluding hydrogens is 387 g/mol. The number of ether oxygens (including phenoxy) is 2. The molecule has 3 atom stereocenters. The fourth-order valence-corrected chi connectivity index (χ4v) is 2.93. The Balaban J connectivity index is 0.00000261. The number of epoxide rings is 1. The normalized spacial score (nSPS) is 22.3. The van der Waals surface area contributed by atoms with Gasteiger partial charge in [0.2, 0.25) is 5.91 Å². The van der Waals surface area contributed by atoms with E-state index < -0.39 is 30.1 Å². The van der Waals surface area contributed by atoms with Gasteiger partial charge in [0.25, 0.3) is 5.91 Å². The molecule has 0 aromatic heterocycles. The van der Waals surface area contributed by atoms with Crippen LogP contribution >= 0.6 is 11.6 Å². The van der Waals surface area contributed by atoms with Crippen molar-refractivity contribution in [3.8, 4) is 0 Å². The summed E-state index contributed by atoms with van der Waals surface area (Å²) in [7, 11) is 0. The molecule has 0 bridgehead atoms.